The van der Waals surface area contributed by atoms with Gasteiger partial charge in [0.15, 0.2) is 0 Å². The molecule has 100 valence electrons. The molecule has 1 N–H and O–H groups in total. The largest absolute Gasteiger partial charge is 0.495 e. The molecule has 1 unspecified atom stereocenters. The van der Waals surface area contributed by atoms with Crippen molar-refractivity contribution in [3.8, 4) is 5.75 Å². The van der Waals surface area contributed by atoms with E-state index in [9.17, 15) is 0 Å². The van der Waals surface area contributed by atoms with Gasteiger partial charge in [-0.05, 0) is 30.3 Å². The van der Waals surface area contributed by atoms with Gasteiger partial charge in [0.25, 0.3) is 0 Å². The summed E-state index contributed by atoms with van der Waals surface area (Å²) in [6.07, 6.45) is 3.28. The third-order valence-electron chi connectivity index (χ3n) is 2.82. The normalized spacial score (nSPS) is 12.2. The van der Waals surface area contributed by atoms with Crippen LogP contribution in [0.25, 0.3) is 0 Å². The third kappa shape index (κ3) is 3.22. The van der Waals surface area contributed by atoms with Crippen LogP contribution in [-0.4, -0.2) is 23.6 Å². The van der Waals surface area contributed by atoms with Crippen molar-refractivity contribution < 1.29 is 4.74 Å². The molecule has 0 amide bonds. The molecule has 2 aromatic rings. The van der Waals surface area contributed by atoms with Crippen LogP contribution in [0, 0.1) is 0 Å². The molecule has 2 rings (SSSR count). The summed E-state index contributed by atoms with van der Waals surface area (Å²) in [7, 11) is 1.61. The zero-order chi connectivity index (χ0) is 13.7. The highest BCUT2D eigenvalue weighted by Crippen LogP contribution is 2.29. The van der Waals surface area contributed by atoms with Crippen LogP contribution in [0.2, 0.25) is 5.02 Å². The molecular weight excluding hydrogens is 262 g/mol. The number of hydrogen-bond acceptors (Lipinski definition) is 4. The summed E-state index contributed by atoms with van der Waals surface area (Å²) < 4.78 is 5.26. The zero-order valence-electron chi connectivity index (χ0n) is 10.9. The molecule has 0 fully saturated rings. The molecule has 0 aliphatic carbocycles. The van der Waals surface area contributed by atoms with Gasteiger partial charge in [-0.25, -0.2) is 9.97 Å². The van der Waals surface area contributed by atoms with Gasteiger partial charge in [0.05, 0.1) is 23.9 Å². The molecular formula is C14H16ClN3O. The number of nitrogens with one attached hydrogen (secondary N) is 1. The van der Waals surface area contributed by atoms with Crippen molar-refractivity contribution >= 4 is 11.6 Å². The van der Waals surface area contributed by atoms with Gasteiger partial charge in [0, 0.05) is 6.20 Å². The summed E-state index contributed by atoms with van der Waals surface area (Å²) >= 11 is 6.05. The summed E-state index contributed by atoms with van der Waals surface area (Å²) in [6, 6.07) is 7.63. The predicted octanol–water partition coefficient (Wildman–Crippen LogP) is 2.84. The Hall–Kier alpha value is -1.65. The first-order valence-corrected chi connectivity index (χ1v) is 6.46. The quantitative estimate of drug-likeness (QED) is 0.913. The number of benzene rings is 1. The van der Waals surface area contributed by atoms with Crippen LogP contribution in [0.1, 0.15) is 24.2 Å². The second-order valence-electron chi connectivity index (χ2n) is 4.02. The second-order valence-corrected chi connectivity index (χ2v) is 4.43. The lowest BCUT2D eigenvalue weighted by Crippen LogP contribution is -2.23. The molecule has 0 aliphatic heterocycles. The average Bonchev–Trinajstić information content (AvgIpc) is 2.46. The lowest BCUT2D eigenvalue weighted by molar-refractivity contribution is 0.414. The first-order valence-electron chi connectivity index (χ1n) is 6.09. The van der Waals surface area contributed by atoms with Crippen molar-refractivity contribution in [3.63, 3.8) is 0 Å². The smallest absolute Gasteiger partial charge is 0.137 e. The Balaban J connectivity index is 2.39. The lowest BCUT2D eigenvalue weighted by Gasteiger charge is -2.18. The van der Waals surface area contributed by atoms with Crippen molar-refractivity contribution in [2.45, 2.75) is 13.0 Å². The van der Waals surface area contributed by atoms with Gasteiger partial charge in [0.2, 0.25) is 0 Å². The van der Waals surface area contributed by atoms with Gasteiger partial charge in [0.1, 0.15) is 12.1 Å². The van der Waals surface area contributed by atoms with Gasteiger partial charge in [-0.1, -0.05) is 24.6 Å². The van der Waals surface area contributed by atoms with E-state index in [1.54, 1.807) is 19.6 Å². The van der Waals surface area contributed by atoms with Crippen molar-refractivity contribution in [2.24, 2.45) is 0 Å². The Morgan fingerprint density at radius 2 is 2.21 bits per heavy atom. The van der Waals surface area contributed by atoms with Gasteiger partial charge in [-0.15, -0.1) is 0 Å². The van der Waals surface area contributed by atoms with Gasteiger partial charge in [-0.2, -0.15) is 0 Å². The number of rotatable bonds is 5. The lowest BCUT2D eigenvalue weighted by atomic mass is 10.0. The van der Waals surface area contributed by atoms with Crippen LogP contribution in [0.15, 0.2) is 36.8 Å². The fourth-order valence-corrected chi connectivity index (χ4v) is 2.12. The Morgan fingerprint density at radius 1 is 1.37 bits per heavy atom. The molecule has 1 heterocycles. The monoisotopic (exact) mass is 277 g/mol. The molecule has 5 heteroatoms. The van der Waals surface area contributed by atoms with Crippen molar-refractivity contribution in [3.05, 3.63) is 53.1 Å². The van der Waals surface area contributed by atoms with Crippen LogP contribution < -0.4 is 10.1 Å². The molecule has 0 saturated heterocycles. The van der Waals surface area contributed by atoms with E-state index in [0.717, 1.165) is 17.8 Å². The molecule has 1 aromatic heterocycles. The van der Waals surface area contributed by atoms with Gasteiger partial charge < -0.3 is 10.1 Å². The van der Waals surface area contributed by atoms with E-state index >= 15 is 0 Å². The molecule has 4 nitrogen and oxygen atoms in total. The molecule has 0 bridgehead atoms. The average molecular weight is 278 g/mol. The number of halogens is 1. The molecule has 0 spiro atoms. The summed E-state index contributed by atoms with van der Waals surface area (Å²) in [6.45, 7) is 2.89. The molecule has 0 aliphatic rings. The standard InChI is InChI=1S/C14H16ClN3O/c1-3-17-14(12-6-7-16-9-18-12)10-4-5-11(15)13(8-10)19-2/h4-9,14,17H,3H2,1-2H3. The summed E-state index contributed by atoms with van der Waals surface area (Å²) in [5.74, 6) is 0.663. The molecule has 19 heavy (non-hydrogen) atoms. The number of hydrogen-bond donors (Lipinski definition) is 1. The van der Waals surface area contributed by atoms with Crippen molar-refractivity contribution in [1.29, 1.82) is 0 Å². The van der Waals surface area contributed by atoms with Gasteiger partial charge in [-0.3, -0.25) is 0 Å². The molecule has 1 aromatic carbocycles. The van der Waals surface area contributed by atoms with Gasteiger partial charge >= 0.3 is 0 Å². The van der Waals surface area contributed by atoms with Crippen LogP contribution >= 0.6 is 11.6 Å². The SMILES string of the molecule is CCNC(c1ccc(Cl)c(OC)c1)c1ccncn1. The van der Waals surface area contributed by atoms with Crippen LogP contribution in [0.4, 0.5) is 0 Å². The van der Waals surface area contributed by atoms with E-state index in [0.29, 0.717) is 10.8 Å². The highest BCUT2D eigenvalue weighted by Gasteiger charge is 2.15. The Bertz CT molecular complexity index is 533. The minimum atomic E-state index is -0.000772. The fourth-order valence-electron chi connectivity index (χ4n) is 1.92. The van der Waals surface area contributed by atoms with E-state index in [-0.39, 0.29) is 6.04 Å². The maximum absolute atomic E-state index is 6.05. The van der Waals surface area contributed by atoms with Crippen molar-refractivity contribution in [1.82, 2.24) is 15.3 Å². The van der Waals surface area contributed by atoms with Crippen LogP contribution in [0.5, 0.6) is 5.75 Å². The fraction of sp³-hybridized carbons (Fsp3) is 0.286. The summed E-state index contributed by atoms with van der Waals surface area (Å²) in [4.78, 5) is 8.25. The van der Waals surface area contributed by atoms with E-state index < -0.39 is 0 Å². The van der Waals surface area contributed by atoms with E-state index in [4.69, 9.17) is 16.3 Å². The molecule has 1 atom stereocenters. The minimum Gasteiger partial charge on any atom is -0.495 e. The van der Waals surface area contributed by atoms with Crippen molar-refractivity contribution in [2.75, 3.05) is 13.7 Å². The predicted molar refractivity (Wildman–Crippen MR) is 75.6 cm³/mol. The van der Waals surface area contributed by atoms with Crippen LogP contribution in [-0.2, 0) is 0 Å². The Morgan fingerprint density at radius 3 is 2.84 bits per heavy atom. The highest BCUT2D eigenvalue weighted by molar-refractivity contribution is 6.32. The third-order valence-corrected chi connectivity index (χ3v) is 3.13. The number of ether oxygens (including phenoxy) is 1. The van der Waals surface area contributed by atoms with Crippen LogP contribution in [0.3, 0.4) is 0 Å². The highest BCUT2D eigenvalue weighted by atomic mass is 35.5. The number of methoxy groups -OCH3 is 1. The topological polar surface area (TPSA) is 47.0 Å². The van der Waals surface area contributed by atoms with E-state index in [2.05, 4.69) is 22.2 Å². The second kappa shape index (κ2) is 6.50. The van der Waals surface area contributed by atoms with E-state index in [1.165, 1.54) is 0 Å². The first-order chi connectivity index (χ1) is 9.26. The number of aromatic nitrogens is 2. The van der Waals surface area contributed by atoms with E-state index in [1.807, 2.05) is 24.3 Å². The first kappa shape index (κ1) is 13.8. The summed E-state index contributed by atoms with van der Waals surface area (Å²) in [5.41, 5.74) is 1.98. The minimum absolute atomic E-state index is 0.000772. The molecule has 0 saturated carbocycles. The maximum atomic E-state index is 6.05. The Kier molecular flexibility index (Phi) is 4.71. The number of nitrogens with zero attached hydrogens (tertiary/aromatic N) is 2. The Labute approximate surface area is 117 Å². The molecule has 0 radical (unpaired) electrons. The zero-order valence-corrected chi connectivity index (χ0v) is 11.7. The maximum Gasteiger partial charge on any atom is 0.137 e. The summed E-state index contributed by atoms with van der Waals surface area (Å²) in [5, 5.41) is 4.00.